The molecule has 0 aliphatic rings. The molecule has 0 aliphatic carbocycles. The van der Waals surface area contributed by atoms with Gasteiger partial charge in [0, 0.05) is 23.8 Å². The van der Waals surface area contributed by atoms with Gasteiger partial charge >= 0.3 is 0 Å². The van der Waals surface area contributed by atoms with E-state index < -0.39 is 0 Å². The van der Waals surface area contributed by atoms with Crippen molar-refractivity contribution >= 4 is 15.9 Å². The molecule has 4 heteroatoms. The van der Waals surface area contributed by atoms with Gasteiger partial charge in [0.25, 0.3) is 5.56 Å². The average molecular weight is 253 g/mol. The highest BCUT2D eigenvalue weighted by molar-refractivity contribution is 9.10. The lowest BCUT2D eigenvalue weighted by atomic mass is 10.3. The minimum absolute atomic E-state index is 0.0187. The second-order valence-electron chi connectivity index (χ2n) is 3.02. The third kappa shape index (κ3) is 1.53. The molecule has 0 aliphatic heterocycles. The van der Waals surface area contributed by atoms with Crippen LogP contribution in [0.1, 0.15) is 0 Å². The highest BCUT2D eigenvalue weighted by Gasteiger charge is 2.01. The molecular weight excluding hydrogens is 244 g/mol. The zero-order valence-electron chi connectivity index (χ0n) is 7.64. The van der Waals surface area contributed by atoms with E-state index in [-0.39, 0.29) is 5.56 Å². The van der Waals surface area contributed by atoms with Crippen LogP contribution in [0.3, 0.4) is 0 Å². The summed E-state index contributed by atoms with van der Waals surface area (Å²) >= 11 is 3.35. The molecule has 0 fully saturated rings. The van der Waals surface area contributed by atoms with E-state index in [2.05, 4.69) is 15.9 Å². The molecular formula is C10H9BrN2O. The average Bonchev–Trinajstić information content (AvgIpc) is 2.49. The van der Waals surface area contributed by atoms with Gasteiger partial charge in [-0.1, -0.05) is 15.9 Å². The molecule has 0 spiro atoms. The molecule has 0 N–H and O–H groups in total. The van der Waals surface area contributed by atoms with E-state index in [9.17, 15) is 4.79 Å². The van der Waals surface area contributed by atoms with Crippen molar-refractivity contribution in [2.45, 2.75) is 0 Å². The monoisotopic (exact) mass is 252 g/mol. The van der Waals surface area contributed by atoms with Crippen molar-refractivity contribution in [2.24, 2.45) is 7.05 Å². The van der Waals surface area contributed by atoms with Crippen molar-refractivity contribution in [1.82, 2.24) is 9.36 Å². The van der Waals surface area contributed by atoms with E-state index >= 15 is 0 Å². The van der Waals surface area contributed by atoms with Crippen molar-refractivity contribution in [3.8, 4) is 5.69 Å². The number of hydrogen-bond donors (Lipinski definition) is 0. The van der Waals surface area contributed by atoms with Gasteiger partial charge in [-0.3, -0.25) is 9.48 Å². The highest BCUT2D eigenvalue weighted by Crippen LogP contribution is 2.12. The predicted molar refractivity (Wildman–Crippen MR) is 58.7 cm³/mol. The molecule has 0 amide bonds. The first-order valence-electron chi connectivity index (χ1n) is 4.19. The number of hydrogen-bond acceptors (Lipinski definition) is 1. The van der Waals surface area contributed by atoms with Gasteiger partial charge in [0.15, 0.2) is 0 Å². The Hall–Kier alpha value is -1.29. The van der Waals surface area contributed by atoms with Gasteiger partial charge < -0.3 is 0 Å². The summed E-state index contributed by atoms with van der Waals surface area (Å²) in [6.45, 7) is 0. The fraction of sp³-hybridized carbons (Fsp3) is 0.100. The number of halogens is 1. The lowest BCUT2D eigenvalue weighted by molar-refractivity contribution is 0.646. The van der Waals surface area contributed by atoms with Crippen LogP contribution in [0, 0.1) is 0 Å². The third-order valence-corrected chi connectivity index (χ3v) is 2.56. The van der Waals surface area contributed by atoms with Crippen LogP contribution in [0.25, 0.3) is 5.69 Å². The molecule has 0 bridgehead atoms. The molecule has 3 nitrogen and oxygen atoms in total. The van der Waals surface area contributed by atoms with Gasteiger partial charge in [-0.25, -0.2) is 4.68 Å². The van der Waals surface area contributed by atoms with Crippen LogP contribution < -0.4 is 5.56 Å². The van der Waals surface area contributed by atoms with Gasteiger partial charge in [0.1, 0.15) is 0 Å². The van der Waals surface area contributed by atoms with Crippen LogP contribution in [0.2, 0.25) is 0 Å². The molecule has 0 atom stereocenters. The fourth-order valence-electron chi connectivity index (χ4n) is 1.36. The standard InChI is InChI=1S/C10H9BrN2O/c1-12-7-6-10(14)13(12)9-4-2-8(11)3-5-9/h2-7H,1H3. The van der Waals surface area contributed by atoms with Gasteiger partial charge in [-0.2, -0.15) is 0 Å². The predicted octanol–water partition coefficient (Wildman–Crippen LogP) is 1.94. The van der Waals surface area contributed by atoms with Crippen molar-refractivity contribution in [3.05, 3.63) is 51.4 Å². The minimum atomic E-state index is -0.0187. The Labute approximate surface area is 89.7 Å². The number of aryl methyl sites for hydroxylation is 1. The zero-order chi connectivity index (χ0) is 10.1. The lowest BCUT2D eigenvalue weighted by Crippen LogP contribution is -2.18. The Morgan fingerprint density at radius 1 is 1.14 bits per heavy atom. The number of aromatic nitrogens is 2. The van der Waals surface area contributed by atoms with E-state index in [1.165, 1.54) is 0 Å². The molecule has 0 saturated heterocycles. The maximum Gasteiger partial charge on any atom is 0.271 e. The van der Waals surface area contributed by atoms with Crippen LogP contribution in [0.4, 0.5) is 0 Å². The van der Waals surface area contributed by atoms with Gasteiger partial charge in [0.2, 0.25) is 0 Å². The summed E-state index contributed by atoms with van der Waals surface area (Å²) in [4.78, 5) is 11.5. The van der Waals surface area contributed by atoms with E-state index in [4.69, 9.17) is 0 Å². The SMILES string of the molecule is Cn1ccc(=O)n1-c1ccc(Br)cc1. The van der Waals surface area contributed by atoms with Crippen LogP contribution in [-0.4, -0.2) is 9.36 Å². The van der Waals surface area contributed by atoms with Crippen molar-refractivity contribution < 1.29 is 0 Å². The van der Waals surface area contributed by atoms with Gasteiger partial charge in [-0.05, 0) is 24.3 Å². The summed E-state index contributed by atoms with van der Waals surface area (Å²) in [5.41, 5.74) is 0.848. The van der Waals surface area contributed by atoms with Crippen molar-refractivity contribution in [3.63, 3.8) is 0 Å². The highest BCUT2D eigenvalue weighted by atomic mass is 79.9. The normalized spacial score (nSPS) is 10.4. The zero-order valence-corrected chi connectivity index (χ0v) is 9.23. The lowest BCUT2D eigenvalue weighted by Gasteiger charge is -2.06. The van der Waals surface area contributed by atoms with Crippen LogP contribution >= 0.6 is 15.9 Å². The van der Waals surface area contributed by atoms with E-state index in [1.807, 2.05) is 31.3 Å². The minimum Gasteiger partial charge on any atom is -0.288 e. The summed E-state index contributed by atoms with van der Waals surface area (Å²) < 4.78 is 4.36. The van der Waals surface area contributed by atoms with Crippen LogP contribution in [0.5, 0.6) is 0 Å². The van der Waals surface area contributed by atoms with Crippen molar-refractivity contribution in [1.29, 1.82) is 0 Å². The second-order valence-corrected chi connectivity index (χ2v) is 3.93. The Morgan fingerprint density at radius 2 is 1.79 bits per heavy atom. The largest absolute Gasteiger partial charge is 0.288 e. The summed E-state index contributed by atoms with van der Waals surface area (Å²) in [6.07, 6.45) is 1.74. The second kappa shape index (κ2) is 3.46. The maximum absolute atomic E-state index is 11.5. The molecule has 2 rings (SSSR count). The van der Waals surface area contributed by atoms with E-state index in [0.717, 1.165) is 10.2 Å². The Bertz CT molecular complexity index is 496. The molecule has 1 heterocycles. The molecule has 0 saturated carbocycles. The quantitative estimate of drug-likeness (QED) is 0.762. The summed E-state index contributed by atoms with van der Waals surface area (Å²) in [6, 6.07) is 9.16. The first-order chi connectivity index (χ1) is 6.68. The fourth-order valence-corrected chi connectivity index (χ4v) is 1.62. The third-order valence-electron chi connectivity index (χ3n) is 2.03. The molecule has 14 heavy (non-hydrogen) atoms. The van der Waals surface area contributed by atoms with Gasteiger partial charge in [-0.15, -0.1) is 0 Å². The van der Waals surface area contributed by atoms with Crippen LogP contribution in [-0.2, 0) is 7.05 Å². The molecule has 2 aromatic rings. The van der Waals surface area contributed by atoms with Crippen molar-refractivity contribution in [2.75, 3.05) is 0 Å². The topological polar surface area (TPSA) is 26.9 Å². The van der Waals surface area contributed by atoms with E-state index in [1.54, 1.807) is 21.6 Å². The molecule has 1 aromatic heterocycles. The van der Waals surface area contributed by atoms with Gasteiger partial charge in [0.05, 0.1) is 5.69 Å². The summed E-state index contributed by atoms with van der Waals surface area (Å²) in [5, 5.41) is 0. The summed E-state index contributed by atoms with van der Waals surface area (Å²) in [7, 11) is 1.84. The van der Waals surface area contributed by atoms with Crippen LogP contribution in [0.15, 0.2) is 45.8 Å². The van der Waals surface area contributed by atoms with E-state index in [0.29, 0.717) is 0 Å². The molecule has 1 aromatic carbocycles. The Balaban J connectivity index is 2.60. The Morgan fingerprint density at radius 3 is 2.29 bits per heavy atom. The Kier molecular flexibility index (Phi) is 2.29. The first kappa shape index (κ1) is 9.27. The number of nitrogens with zero attached hydrogens (tertiary/aromatic N) is 2. The molecule has 0 radical (unpaired) electrons. The smallest absolute Gasteiger partial charge is 0.271 e. The summed E-state index contributed by atoms with van der Waals surface area (Å²) in [5.74, 6) is 0. The molecule has 72 valence electrons. The first-order valence-corrected chi connectivity index (χ1v) is 4.98. The number of rotatable bonds is 1. The maximum atomic E-state index is 11.5. The molecule has 0 unspecified atom stereocenters. The number of benzene rings is 1.